The minimum atomic E-state index is -2.47. The van der Waals surface area contributed by atoms with E-state index in [0.717, 1.165) is 18.4 Å². The van der Waals surface area contributed by atoms with E-state index in [1.165, 1.54) is 5.38 Å². The van der Waals surface area contributed by atoms with E-state index in [-0.39, 0.29) is 17.2 Å². The SMILES string of the molecule is CON=C(C(=O)NC1(COC(N)=O)CON(C2(C(=O)O)CCC(=O)O2)C1=O)c1csc(N)n1. The van der Waals surface area contributed by atoms with Crippen LogP contribution in [0.15, 0.2) is 10.5 Å². The van der Waals surface area contributed by atoms with Crippen molar-refractivity contribution in [2.24, 2.45) is 10.9 Å². The Morgan fingerprint density at radius 3 is 2.67 bits per heavy atom. The number of ether oxygens (including phenoxy) is 2. The molecule has 0 aliphatic carbocycles. The number of oxime groups is 1. The normalized spacial score (nSPS) is 25.0. The lowest BCUT2D eigenvalue weighted by atomic mass is 9.99. The Morgan fingerprint density at radius 1 is 1.42 bits per heavy atom. The number of nitrogen functional groups attached to an aromatic ring is 1. The third kappa shape index (κ3) is 4.35. The first kappa shape index (κ1) is 23.7. The first-order valence-electron chi connectivity index (χ1n) is 9.05. The average molecular weight is 486 g/mol. The Morgan fingerprint density at radius 2 is 2.15 bits per heavy atom. The number of nitrogens with zero attached hydrogens (tertiary/aromatic N) is 3. The Hall–Kier alpha value is -3.99. The highest BCUT2D eigenvalue weighted by Crippen LogP contribution is 2.36. The average Bonchev–Trinajstić information content (AvgIpc) is 3.43. The molecular weight excluding hydrogens is 468 g/mol. The topological polar surface area (TPSA) is 235 Å². The molecule has 2 unspecified atom stereocenters. The van der Waals surface area contributed by atoms with E-state index in [9.17, 15) is 29.1 Å². The van der Waals surface area contributed by atoms with Crippen molar-refractivity contribution in [2.75, 3.05) is 26.1 Å². The molecule has 0 aromatic carbocycles. The third-order valence-corrected chi connectivity index (χ3v) is 5.30. The molecule has 6 N–H and O–H groups in total. The zero-order valence-corrected chi connectivity index (χ0v) is 17.7. The van der Waals surface area contributed by atoms with Gasteiger partial charge in [-0.2, -0.15) is 5.06 Å². The van der Waals surface area contributed by atoms with Crippen LogP contribution in [-0.2, 0) is 38.3 Å². The number of thiazole rings is 1. The van der Waals surface area contributed by atoms with Crippen molar-refractivity contribution >= 4 is 52.0 Å². The summed E-state index contributed by atoms with van der Waals surface area (Å²) in [7, 11) is 1.16. The predicted molar refractivity (Wildman–Crippen MR) is 105 cm³/mol. The largest absolute Gasteiger partial charge is 0.477 e. The number of hydroxylamine groups is 2. The maximum atomic E-state index is 13.3. The van der Waals surface area contributed by atoms with Gasteiger partial charge in [0, 0.05) is 11.8 Å². The zero-order valence-electron chi connectivity index (χ0n) is 16.9. The van der Waals surface area contributed by atoms with Crippen LogP contribution in [0.1, 0.15) is 18.5 Å². The van der Waals surface area contributed by atoms with E-state index in [0.29, 0.717) is 5.06 Å². The molecule has 3 amide bonds. The van der Waals surface area contributed by atoms with Gasteiger partial charge in [0.15, 0.2) is 16.4 Å². The van der Waals surface area contributed by atoms with Crippen LogP contribution >= 0.6 is 11.3 Å². The number of primary amides is 1. The first-order valence-corrected chi connectivity index (χ1v) is 9.93. The lowest BCUT2D eigenvalue weighted by Crippen LogP contribution is -2.64. The van der Waals surface area contributed by atoms with Gasteiger partial charge in [-0.15, -0.1) is 11.3 Å². The second kappa shape index (κ2) is 8.87. The van der Waals surface area contributed by atoms with Gasteiger partial charge in [-0.05, 0) is 0 Å². The summed E-state index contributed by atoms with van der Waals surface area (Å²) in [4.78, 5) is 74.8. The number of aliphatic carboxylic acids is 1. The number of hydrogen-bond acceptors (Lipinski definition) is 13. The number of nitrogens with two attached hydrogens (primary N) is 2. The molecule has 0 bridgehead atoms. The molecule has 2 saturated heterocycles. The van der Waals surface area contributed by atoms with E-state index >= 15 is 0 Å². The maximum Gasteiger partial charge on any atom is 0.404 e. The molecule has 3 heterocycles. The molecule has 2 atom stereocenters. The summed E-state index contributed by atoms with van der Waals surface area (Å²) in [6, 6.07) is 0. The third-order valence-electron chi connectivity index (χ3n) is 4.62. The zero-order chi connectivity index (χ0) is 24.4. The van der Waals surface area contributed by atoms with Gasteiger partial charge in [0.05, 0.1) is 6.42 Å². The Labute approximate surface area is 188 Å². The molecule has 33 heavy (non-hydrogen) atoms. The van der Waals surface area contributed by atoms with Crippen molar-refractivity contribution in [3.05, 3.63) is 11.1 Å². The van der Waals surface area contributed by atoms with Crippen LogP contribution in [0.4, 0.5) is 9.93 Å². The van der Waals surface area contributed by atoms with Gasteiger partial charge in [-0.25, -0.2) is 14.6 Å². The number of amides is 3. The van der Waals surface area contributed by atoms with Crippen molar-refractivity contribution in [3.63, 3.8) is 0 Å². The highest BCUT2D eigenvalue weighted by atomic mass is 32.1. The van der Waals surface area contributed by atoms with Crippen molar-refractivity contribution in [2.45, 2.75) is 24.1 Å². The van der Waals surface area contributed by atoms with Crippen molar-refractivity contribution in [1.29, 1.82) is 0 Å². The summed E-state index contributed by atoms with van der Waals surface area (Å²) in [5, 5.41) is 17.4. The second-order valence-electron chi connectivity index (χ2n) is 6.77. The quantitative estimate of drug-likeness (QED) is 0.176. The number of aromatic nitrogens is 1. The number of cyclic esters (lactones) is 1. The molecule has 2 aliphatic rings. The van der Waals surface area contributed by atoms with Gasteiger partial charge in [-0.3, -0.25) is 19.2 Å². The highest BCUT2D eigenvalue weighted by Gasteiger charge is 2.64. The molecule has 2 aliphatic heterocycles. The van der Waals surface area contributed by atoms with Gasteiger partial charge in [0.2, 0.25) is 0 Å². The van der Waals surface area contributed by atoms with Crippen molar-refractivity contribution in [3.8, 4) is 0 Å². The standard InChI is InChI=1S/C16H18N6O10S/c1-29-21-9(7-4-33-13(17)19-7)10(24)20-15(5-30-14(18)28)6-31-22(11(15)25)16(12(26)27)3-2-8(23)32-16/h4H,2-3,5-6H2,1H3,(H2,17,19)(H2,18,28)(H,20,24)(H,26,27). The molecule has 0 radical (unpaired) electrons. The molecule has 1 aromatic rings. The summed E-state index contributed by atoms with van der Waals surface area (Å²) in [6.07, 6.45) is -2.00. The van der Waals surface area contributed by atoms with Gasteiger partial charge in [0.25, 0.3) is 11.8 Å². The number of nitrogens with one attached hydrogen (secondary N) is 1. The summed E-state index contributed by atoms with van der Waals surface area (Å²) in [5.41, 5.74) is 5.56. The van der Waals surface area contributed by atoms with Crippen LogP contribution in [0.2, 0.25) is 0 Å². The number of rotatable bonds is 8. The number of carbonyl (C=O) groups excluding carboxylic acids is 4. The lowest BCUT2D eigenvalue weighted by Gasteiger charge is -2.32. The Kier molecular flexibility index (Phi) is 6.36. The number of carbonyl (C=O) groups is 5. The maximum absolute atomic E-state index is 13.3. The monoisotopic (exact) mass is 486 g/mol. The number of carboxylic acids is 1. The fourth-order valence-corrected chi connectivity index (χ4v) is 3.64. The smallest absolute Gasteiger partial charge is 0.404 e. The van der Waals surface area contributed by atoms with E-state index in [2.05, 4.69) is 20.3 Å². The van der Waals surface area contributed by atoms with Gasteiger partial charge >= 0.3 is 23.8 Å². The first-order chi connectivity index (χ1) is 15.5. The van der Waals surface area contributed by atoms with Crippen LogP contribution < -0.4 is 16.8 Å². The van der Waals surface area contributed by atoms with E-state index in [4.69, 9.17) is 25.8 Å². The fourth-order valence-electron chi connectivity index (χ4n) is 3.09. The molecule has 1 aromatic heterocycles. The fraction of sp³-hybridized carbons (Fsp3) is 0.438. The van der Waals surface area contributed by atoms with E-state index in [1.807, 2.05) is 0 Å². The Bertz CT molecular complexity index is 1040. The molecule has 3 rings (SSSR count). The van der Waals surface area contributed by atoms with Crippen molar-refractivity contribution < 1.29 is 48.2 Å². The van der Waals surface area contributed by atoms with Crippen LogP contribution in [-0.4, -0.2) is 82.3 Å². The number of hydrogen-bond donors (Lipinski definition) is 4. The van der Waals surface area contributed by atoms with Crippen LogP contribution in [0.5, 0.6) is 0 Å². The van der Waals surface area contributed by atoms with Crippen LogP contribution in [0.25, 0.3) is 0 Å². The van der Waals surface area contributed by atoms with Gasteiger partial charge in [0.1, 0.15) is 26.0 Å². The van der Waals surface area contributed by atoms with E-state index in [1.54, 1.807) is 0 Å². The predicted octanol–water partition coefficient (Wildman–Crippen LogP) is -2.08. The molecule has 0 spiro atoms. The highest BCUT2D eigenvalue weighted by molar-refractivity contribution is 7.13. The van der Waals surface area contributed by atoms with Crippen molar-refractivity contribution in [1.82, 2.24) is 15.4 Å². The molecule has 17 heteroatoms. The van der Waals surface area contributed by atoms with Crippen LogP contribution in [0, 0.1) is 0 Å². The summed E-state index contributed by atoms with van der Waals surface area (Å²) in [5.74, 6) is -4.76. The summed E-state index contributed by atoms with van der Waals surface area (Å²) < 4.78 is 9.59. The molecular formula is C16H18N6O10S. The van der Waals surface area contributed by atoms with Gasteiger partial charge in [-0.1, -0.05) is 5.16 Å². The molecule has 2 fully saturated rings. The minimum absolute atomic E-state index is 0.0118. The van der Waals surface area contributed by atoms with Crippen LogP contribution in [0.3, 0.4) is 0 Å². The molecule has 0 saturated carbocycles. The van der Waals surface area contributed by atoms with Gasteiger partial charge < -0.3 is 36.2 Å². The summed E-state index contributed by atoms with van der Waals surface area (Å²) >= 11 is 1.00. The molecule has 178 valence electrons. The number of carboxylic acid groups (broad SMARTS) is 1. The lowest BCUT2D eigenvalue weighted by molar-refractivity contribution is -0.256. The molecule has 16 nitrogen and oxygen atoms in total. The number of esters is 1. The van der Waals surface area contributed by atoms with E-state index < -0.39 is 66.5 Å². The second-order valence-corrected chi connectivity index (χ2v) is 7.66. The Balaban J connectivity index is 1.95. The minimum Gasteiger partial charge on any atom is -0.477 e. The summed E-state index contributed by atoms with van der Waals surface area (Å²) in [6.45, 7) is -1.54. The number of anilines is 1.